The molecular formula is C80H22NO4+. The van der Waals surface area contributed by atoms with Crippen LogP contribution in [0.25, 0.3) is 291 Å². The van der Waals surface area contributed by atoms with E-state index in [0.29, 0.717) is 0 Å². The number of hydrogen-bond donors (Lipinski definition) is 1. The molecule has 0 bridgehead atoms. The predicted octanol–water partition coefficient (Wildman–Crippen LogP) is 17.9. The monoisotopic (exact) mass is 1060 g/mol. The van der Waals surface area contributed by atoms with Crippen molar-refractivity contribution in [3.63, 3.8) is 0 Å². The van der Waals surface area contributed by atoms with E-state index in [2.05, 4.69) is 59.9 Å². The van der Waals surface area contributed by atoms with Gasteiger partial charge in [0.25, 0.3) is 0 Å². The van der Waals surface area contributed by atoms with Crippen molar-refractivity contribution in [3.05, 3.63) is 93.5 Å². The van der Waals surface area contributed by atoms with E-state index in [4.69, 9.17) is 9.47 Å². The van der Waals surface area contributed by atoms with Crippen LogP contribution < -0.4 is 5.32 Å². The van der Waals surface area contributed by atoms with Crippen molar-refractivity contribution >= 4 is 303 Å². The normalized spacial score (nSPS) is 21.9. The first-order chi connectivity index (χ1) is 42.2. The third-order valence-corrected chi connectivity index (χ3v) is 28.3. The van der Waals surface area contributed by atoms with Crippen LogP contribution in [0.5, 0.6) is 0 Å². The molecule has 1 saturated carbocycles. The Balaban J connectivity index is 0.858. The lowest BCUT2D eigenvalue weighted by molar-refractivity contribution is -0.686. The predicted molar refractivity (Wildman–Crippen MR) is 345 cm³/mol. The zero-order valence-electron chi connectivity index (χ0n) is 44.2. The van der Waals surface area contributed by atoms with E-state index < -0.39 is 28.2 Å². The molecule has 30 aromatic carbocycles. The third-order valence-electron chi connectivity index (χ3n) is 28.3. The molecule has 5 aliphatic carbocycles. The summed E-state index contributed by atoms with van der Waals surface area (Å²) in [6.07, 6.45) is 0. The molecule has 30 aromatic rings. The smallest absolute Gasteiger partial charge is 0.326 e. The van der Waals surface area contributed by atoms with Crippen molar-refractivity contribution < 1.29 is 24.4 Å². The van der Waals surface area contributed by atoms with Gasteiger partial charge in [-0.05, 0) is 326 Å². The van der Waals surface area contributed by atoms with Gasteiger partial charge in [-0.3, -0.25) is 9.59 Å². The number of nitrogens with two attached hydrogens (primary N) is 1. The van der Waals surface area contributed by atoms with Gasteiger partial charge in [0.15, 0.2) is 5.41 Å². The van der Waals surface area contributed by atoms with Crippen LogP contribution in [0.3, 0.4) is 0 Å². The van der Waals surface area contributed by atoms with Crippen LogP contribution in [0.15, 0.2) is 54.6 Å². The van der Waals surface area contributed by atoms with Gasteiger partial charge in [-0.25, -0.2) is 0 Å². The van der Waals surface area contributed by atoms with Crippen molar-refractivity contribution in [1.29, 1.82) is 0 Å². The van der Waals surface area contributed by atoms with E-state index in [-0.39, 0.29) is 13.2 Å². The first kappa shape index (κ1) is 35.1. The van der Waals surface area contributed by atoms with Crippen LogP contribution in [-0.4, -0.2) is 18.5 Å². The SMILES string of the molecule is CCOC(=O)C1(C(=O)OCc2ccc(C[NH2+]Cc3ccccc3)cc2)C23c4c5c6c7c8c9c(c%10c%11c2c2c4c4c%12c5c5c6c6c8c8c%13c9c9c%10c%10c%11c%11c2c2c4c4c%12c%12c5c5c6c8c6c8c%13c9c9c%10c%10c%11c2c2c4c4c%12c5c6c5c8c9c%10c2c45)C713. The number of ether oxygens (including phenoxy) is 2. The van der Waals surface area contributed by atoms with Gasteiger partial charge >= 0.3 is 11.9 Å². The average Bonchev–Trinajstić information content (AvgIpc) is 1.36. The molecular weight excluding hydrogens is 1040 g/mol. The van der Waals surface area contributed by atoms with Crippen molar-refractivity contribution in [2.24, 2.45) is 5.41 Å². The molecule has 0 aliphatic heterocycles. The summed E-state index contributed by atoms with van der Waals surface area (Å²) < 4.78 is 14.0. The summed E-state index contributed by atoms with van der Waals surface area (Å²) in [5.74, 6) is -0.819. The van der Waals surface area contributed by atoms with Crippen LogP contribution in [-0.2, 0) is 49.6 Å². The highest BCUT2D eigenvalue weighted by atomic mass is 16.6. The lowest BCUT2D eigenvalue weighted by Crippen LogP contribution is -2.80. The maximum atomic E-state index is 17.5. The van der Waals surface area contributed by atoms with Crippen LogP contribution in [0.1, 0.15) is 45.9 Å². The van der Waals surface area contributed by atoms with Gasteiger partial charge in [0.2, 0.25) is 0 Å². The fraction of sp³-hybridized carbons (Fsp3) is 0.100. The van der Waals surface area contributed by atoms with Crippen LogP contribution >= 0.6 is 0 Å². The fourth-order valence-corrected chi connectivity index (χ4v) is 27.5. The lowest BCUT2D eigenvalue weighted by atomic mass is 9.68. The van der Waals surface area contributed by atoms with E-state index in [1.54, 1.807) is 53.9 Å². The fourth-order valence-electron chi connectivity index (χ4n) is 27.5. The molecule has 5 aliphatic rings. The van der Waals surface area contributed by atoms with Gasteiger partial charge in [-0.1, -0.05) is 54.6 Å². The van der Waals surface area contributed by atoms with E-state index in [1.807, 2.05) is 6.92 Å². The van der Waals surface area contributed by atoms with Gasteiger partial charge < -0.3 is 14.8 Å². The van der Waals surface area contributed by atoms with Gasteiger partial charge in [-0.15, -0.1) is 0 Å². The quantitative estimate of drug-likeness (QED) is 0.0888. The summed E-state index contributed by atoms with van der Waals surface area (Å²) in [6.45, 7) is 3.94. The summed E-state index contributed by atoms with van der Waals surface area (Å²) in [7, 11) is 0. The van der Waals surface area contributed by atoms with Crippen LogP contribution in [0.2, 0.25) is 0 Å². The van der Waals surface area contributed by atoms with E-state index >= 15 is 9.59 Å². The maximum Gasteiger partial charge on any atom is 0.326 e. The number of rotatable bonds is 9. The van der Waals surface area contributed by atoms with Gasteiger partial charge in [-0.2, -0.15) is 0 Å². The van der Waals surface area contributed by atoms with Crippen molar-refractivity contribution in [3.8, 4) is 0 Å². The standard InChI is InChI=1S/C80H21NO4/c1-2-84-76(82)80(77(83)85-14-17-10-8-16(9-11-17)13-81-12-15-6-4-3-5-7-15)78-72-64-56-46-36-28-20-18-19-22-26-24(20)32-40-34(26)44-38-30(22)31-23(19)27-25-21(18)29(28)37-43-33(25)41-35(27)45-39(31)49-48(38)58-52(44)62-54(40)60(50(56)42(32)36)68(72)70(62)74-66(58)67-59(49)53(45)63-55(41)61-51(43)57(47(37)46)65(64)73(78)69(61)71(63)75(67)79(74,78)80/h3-11,81H,2,12-14H2,1H3/p+1. The molecule has 370 valence electrons. The second-order valence-electron chi connectivity index (χ2n) is 29.3. The third kappa shape index (κ3) is 2.13. The minimum absolute atomic E-state index is 0.0685. The van der Waals surface area contributed by atoms with Crippen molar-refractivity contribution in [2.75, 3.05) is 6.61 Å². The highest BCUT2D eigenvalue weighted by Gasteiger charge is 3.01. The Morgan fingerprint density at radius 1 is 0.282 bits per heavy atom. The zero-order valence-corrected chi connectivity index (χ0v) is 44.2. The Bertz CT molecular complexity index is 7580. The number of esters is 2. The Labute approximate surface area is 467 Å². The highest BCUT2D eigenvalue weighted by Crippen LogP contribution is 2.96. The molecule has 0 radical (unpaired) electrons. The molecule has 0 unspecified atom stereocenters. The number of carbonyl (C=O) groups is 2. The molecule has 0 atom stereocenters. The zero-order chi connectivity index (χ0) is 52.2. The maximum absolute atomic E-state index is 17.5. The Hall–Kier alpha value is -10.2. The molecule has 0 amide bonds. The van der Waals surface area contributed by atoms with Crippen molar-refractivity contribution in [1.82, 2.24) is 0 Å². The molecule has 5 heteroatoms. The average molecular weight is 1060 g/mol. The highest BCUT2D eigenvalue weighted by molar-refractivity contribution is 6.82. The molecule has 35 rings (SSSR count). The number of quaternary nitrogens is 1. The number of benzene rings is 20. The minimum atomic E-state index is -1.76. The summed E-state index contributed by atoms with van der Waals surface area (Å²) >= 11 is 0. The molecule has 1 fully saturated rings. The first-order valence-corrected chi connectivity index (χ1v) is 31.2. The number of hydrogen-bond acceptors (Lipinski definition) is 4. The summed E-state index contributed by atoms with van der Waals surface area (Å²) in [4.78, 5) is 34.7. The molecule has 0 aromatic heterocycles. The summed E-state index contributed by atoms with van der Waals surface area (Å²) in [5.41, 5.74) is 4.53. The Morgan fingerprint density at radius 2 is 0.494 bits per heavy atom. The van der Waals surface area contributed by atoms with Gasteiger partial charge in [0.05, 0.1) is 17.4 Å². The van der Waals surface area contributed by atoms with Crippen LogP contribution in [0.4, 0.5) is 0 Å². The first-order valence-electron chi connectivity index (χ1n) is 31.2. The lowest BCUT2D eigenvalue weighted by Gasteiger charge is -2.32. The molecule has 2 spiro atoms. The molecule has 85 heavy (non-hydrogen) atoms. The second kappa shape index (κ2) is 8.64. The molecule has 0 heterocycles. The molecule has 2 N–H and O–H groups in total. The van der Waals surface area contributed by atoms with Crippen molar-refractivity contribution in [2.45, 2.75) is 37.5 Å². The summed E-state index contributed by atoms with van der Waals surface area (Å²) in [6, 6.07) is 19.3. The topological polar surface area (TPSA) is 69.2 Å². The second-order valence-corrected chi connectivity index (χ2v) is 29.3. The minimum Gasteiger partial charge on any atom is -0.465 e. The van der Waals surface area contributed by atoms with Crippen LogP contribution in [0, 0.1) is 5.41 Å². The largest absolute Gasteiger partial charge is 0.465 e. The van der Waals surface area contributed by atoms with E-state index in [1.165, 1.54) is 270 Å². The Kier molecular flexibility index (Phi) is 3.56. The van der Waals surface area contributed by atoms with Gasteiger partial charge in [0.1, 0.15) is 19.7 Å². The molecule has 0 saturated heterocycles. The van der Waals surface area contributed by atoms with Gasteiger partial charge in [0, 0.05) is 11.1 Å². The van der Waals surface area contributed by atoms with E-state index in [0.717, 1.165) is 18.7 Å². The molecule has 5 nitrogen and oxygen atoms in total. The summed E-state index contributed by atoms with van der Waals surface area (Å²) in [5, 5.41) is 82.1. The Morgan fingerprint density at radius 3 is 0.741 bits per heavy atom. The number of carbonyl (C=O) groups excluding carboxylic acids is 2. The van der Waals surface area contributed by atoms with E-state index in [9.17, 15) is 0 Å².